The second-order valence-corrected chi connectivity index (χ2v) is 4.63. The van der Waals surface area contributed by atoms with Crippen molar-refractivity contribution in [1.29, 1.82) is 0 Å². The van der Waals surface area contributed by atoms with Crippen LogP contribution in [0.4, 0.5) is 0 Å². The van der Waals surface area contributed by atoms with E-state index < -0.39 is 0 Å². The van der Waals surface area contributed by atoms with Gasteiger partial charge in [0, 0.05) is 6.42 Å². The smallest absolute Gasteiger partial charge is 0.143 e. The second kappa shape index (κ2) is 6.06. The molecule has 0 heterocycles. The molecular formula is C13H17BrO. The minimum Gasteiger partial charge on any atom is -0.299 e. The summed E-state index contributed by atoms with van der Waals surface area (Å²) < 4.78 is 0. The van der Waals surface area contributed by atoms with Crippen LogP contribution in [0.25, 0.3) is 0 Å². The van der Waals surface area contributed by atoms with Crippen molar-refractivity contribution in [3.8, 4) is 0 Å². The van der Waals surface area contributed by atoms with E-state index in [1.807, 2.05) is 0 Å². The molecule has 0 N–H and O–H groups in total. The highest BCUT2D eigenvalue weighted by molar-refractivity contribution is 9.09. The lowest BCUT2D eigenvalue weighted by Gasteiger charge is -2.06. The van der Waals surface area contributed by atoms with E-state index in [4.69, 9.17) is 0 Å². The molecule has 0 atom stereocenters. The number of carbonyl (C=O) groups is 1. The second-order valence-electron chi connectivity index (χ2n) is 4.07. The summed E-state index contributed by atoms with van der Waals surface area (Å²) in [5, 5.41) is 0.469. The van der Waals surface area contributed by atoms with Gasteiger partial charge in [-0.2, -0.15) is 0 Å². The van der Waals surface area contributed by atoms with Gasteiger partial charge in [0.1, 0.15) is 5.78 Å². The number of benzene rings is 1. The topological polar surface area (TPSA) is 17.1 Å². The highest BCUT2D eigenvalue weighted by Crippen LogP contribution is 2.15. The Labute approximate surface area is 100 Å². The predicted octanol–water partition coefficient (Wildman–Crippen LogP) is 3.71. The van der Waals surface area contributed by atoms with Crippen molar-refractivity contribution in [2.24, 2.45) is 0 Å². The molecule has 1 aromatic carbocycles. The quantitative estimate of drug-likeness (QED) is 0.745. The maximum atomic E-state index is 11.1. The zero-order valence-electron chi connectivity index (χ0n) is 9.29. The molecule has 1 rings (SSSR count). The number of carbonyl (C=O) groups excluding carboxylic acids is 1. The summed E-state index contributed by atoms with van der Waals surface area (Å²) in [6, 6.07) is 8.55. The van der Waals surface area contributed by atoms with E-state index in [9.17, 15) is 4.79 Å². The fraction of sp³-hybridized carbons (Fsp3) is 0.462. The molecule has 1 aromatic rings. The average molecular weight is 269 g/mol. The van der Waals surface area contributed by atoms with Crippen LogP contribution in [-0.2, 0) is 11.2 Å². The molecule has 0 fully saturated rings. The van der Waals surface area contributed by atoms with Crippen molar-refractivity contribution in [3.63, 3.8) is 0 Å². The summed E-state index contributed by atoms with van der Waals surface area (Å²) in [4.78, 5) is 11.1. The van der Waals surface area contributed by atoms with Crippen LogP contribution < -0.4 is 0 Å². The number of ketones is 1. The first-order valence-corrected chi connectivity index (χ1v) is 6.42. The van der Waals surface area contributed by atoms with Crippen LogP contribution in [0.2, 0.25) is 0 Å². The number of halogens is 1. The Morgan fingerprint density at radius 1 is 1.27 bits per heavy atom. The van der Waals surface area contributed by atoms with E-state index in [1.54, 1.807) is 0 Å². The first-order valence-electron chi connectivity index (χ1n) is 5.30. The van der Waals surface area contributed by atoms with Crippen molar-refractivity contribution < 1.29 is 4.79 Å². The molecule has 0 saturated heterocycles. The highest BCUT2D eigenvalue weighted by Gasteiger charge is 2.02. The third-order valence-electron chi connectivity index (χ3n) is 2.49. The van der Waals surface area contributed by atoms with Crippen LogP contribution in [0, 0.1) is 0 Å². The van der Waals surface area contributed by atoms with Crippen LogP contribution in [-0.4, -0.2) is 11.1 Å². The first kappa shape index (κ1) is 12.4. The lowest BCUT2D eigenvalue weighted by Crippen LogP contribution is -2.00. The average Bonchev–Trinajstić information content (AvgIpc) is 2.26. The Morgan fingerprint density at radius 3 is 2.33 bits per heavy atom. The largest absolute Gasteiger partial charge is 0.299 e. The van der Waals surface area contributed by atoms with Gasteiger partial charge in [-0.1, -0.05) is 54.0 Å². The third kappa shape index (κ3) is 4.17. The minimum absolute atomic E-state index is 0.267. The standard InChI is InChI=1S/C13H17BrO/c1-10(2)12-6-3-11(4-7-12)5-8-13(15)9-14/h3-4,6-7,10H,5,8-9H2,1-2H3. The van der Waals surface area contributed by atoms with Crippen molar-refractivity contribution in [2.75, 3.05) is 5.33 Å². The SMILES string of the molecule is CC(C)c1ccc(CCC(=O)CBr)cc1. The van der Waals surface area contributed by atoms with Gasteiger partial charge in [-0.3, -0.25) is 4.79 Å². The van der Waals surface area contributed by atoms with Gasteiger partial charge in [-0.05, 0) is 23.5 Å². The number of aryl methyl sites for hydroxylation is 1. The molecule has 0 saturated carbocycles. The Kier molecular flexibility index (Phi) is 5.03. The highest BCUT2D eigenvalue weighted by atomic mass is 79.9. The lowest BCUT2D eigenvalue weighted by molar-refractivity contribution is -0.116. The monoisotopic (exact) mass is 268 g/mol. The normalized spacial score (nSPS) is 10.7. The van der Waals surface area contributed by atoms with Gasteiger partial charge in [0.25, 0.3) is 0 Å². The Balaban J connectivity index is 2.53. The van der Waals surface area contributed by atoms with Crippen molar-refractivity contribution in [1.82, 2.24) is 0 Å². The fourth-order valence-electron chi connectivity index (χ4n) is 1.42. The van der Waals surface area contributed by atoms with Crippen LogP contribution >= 0.6 is 15.9 Å². The Morgan fingerprint density at radius 2 is 1.87 bits per heavy atom. The van der Waals surface area contributed by atoms with E-state index in [2.05, 4.69) is 54.0 Å². The van der Waals surface area contributed by atoms with Crippen LogP contribution in [0.15, 0.2) is 24.3 Å². The van der Waals surface area contributed by atoms with E-state index in [0.29, 0.717) is 17.7 Å². The number of rotatable bonds is 5. The molecule has 0 spiro atoms. The Hall–Kier alpha value is -0.630. The van der Waals surface area contributed by atoms with Crippen molar-refractivity contribution in [3.05, 3.63) is 35.4 Å². The maximum Gasteiger partial charge on any atom is 0.143 e. The van der Waals surface area contributed by atoms with Crippen molar-refractivity contribution in [2.45, 2.75) is 32.6 Å². The molecule has 0 aliphatic carbocycles. The molecule has 0 aromatic heterocycles. The summed E-state index contributed by atoms with van der Waals surface area (Å²) in [5.74, 6) is 0.839. The van der Waals surface area contributed by atoms with E-state index in [0.717, 1.165) is 6.42 Å². The zero-order chi connectivity index (χ0) is 11.3. The Bertz CT molecular complexity index is 314. The fourth-order valence-corrected chi connectivity index (χ4v) is 1.70. The van der Waals surface area contributed by atoms with E-state index in [-0.39, 0.29) is 5.78 Å². The number of Topliss-reactive ketones (excluding diaryl/α,β-unsaturated/α-hetero) is 1. The van der Waals surface area contributed by atoms with E-state index in [1.165, 1.54) is 11.1 Å². The molecule has 82 valence electrons. The van der Waals surface area contributed by atoms with E-state index >= 15 is 0 Å². The molecule has 15 heavy (non-hydrogen) atoms. The molecule has 0 aliphatic rings. The number of alkyl halides is 1. The lowest BCUT2D eigenvalue weighted by atomic mass is 10.00. The number of hydrogen-bond donors (Lipinski definition) is 0. The van der Waals surface area contributed by atoms with Gasteiger partial charge in [-0.25, -0.2) is 0 Å². The summed E-state index contributed by atoms with van der Waals surface area (Å²) in [5.41, 5.74) is 2.60. The van der Waals surface area contributed by atoms with Gasteiger partial charge in [0.2, 0.25) is 0 Å². The molecule has 0 radical (unpaired) electrons. The maximum absolute atomic E-state index is 11.1. The summed E-state index contributed by atoms with van der Waals surface area (Å²) >= 11 is 3.17. The number of hydrogen-bond acceptors (Lipinski definition) is 1. The summed E-state index contributed by atoms with van der Waals surface area (Å²) in [7, 11) is 0. The van der Waals surface area contributed by atoms with Crippen LogP contribution in [0.3, 0.4) is 0 Å². The first-order chi connectivity index (χ1) is 7.13. The van der Waals surface area contributed by atoms with Gasteiger partial charge < -0.3 is 0 Å². The molecule has 0 amide bonds. The van der Waals surface area contributed by atoms with Crippen LogP contribution in [0.5, 0.6) is 0 Å². The van der Waals surface area contributed by atoms with Crippen molar-refractivity contribution >= 4 is 21.7 Å². The zero-order valence-corrected chi connectivity index (χ0v) is 10.9. The molecule has 0 unspecified atom stereocenters. The molecule has 0 bridgehead atoms. The minimum atomic E-state index is 0.267. The molecular weight excluding hydrogens is 252 g/mol. The van der Waals surface area contributed by atoms with Gasteiger partial charge in [0.05, 0.1) is 5.33 Å². The van der Waals surface area contributed by atoms with Gasteiger partial charge in [0.15, 0.2) is 0 Å². The predicted molar refractivity (Wildman–Crippen MR) is 67.7 cm³/mol. The summed E-state index contributed by atoms with van der Waals surface area (Å²) in [6.45, 7) is 4.37. The molecule has 0 aliphatic heterocycles. The molecule has 2 heteroatoms. The third-order valence-corrected chi connectivity index (χ3v) is 3.11. The summed E-state index contributed by atoms with van der Waals surface area (Å²) in [6.07, 6.45) is 1.48. The molecule has 1 nitrogen and oxygen atoms in total. The van der Waals surface area contributed by atoms with Gasteiger partial charge >= 0.3 is 0 Å². The van der Waals surface area contributed by atoms with Crippen LogP contribution in [0.1, 0.15) is 37.3 Å². The van der Waals surface area contributed by atoms with Gasteiger partial charge in [-0.15, -0.1) is 0 Å².